The average Bonchev–Trinajstić information content (AvgIpc) is 2.82. The van der Waals surface area contributed by atoms with Crippen LogP contribution in [0, 0.1) is 13.8 Å². The van der Waals surface area contributed by atoms with E-state index in [1.807, 2.05) is 29.9 Å². The summed E-state index contributed by atoms with van der Waals surface area (Å²) < 4.78 is 1.94. The van der Waals surface area contributed by atoms with Crippen LogP contribution >= 0.6 is 0 Å². The molecule has 4 heteroatoms. The molecular weight excluding hydrogens is 260 g/mol. The van der Waals surface area contributed by atoms with Crippen molar-refractivity contribution >= 4 is 11.0 Å². The summed E-state index contributed by atoms with van der Waals surface area (Å²) in [5.41, 5.74) is 5.40. The smallest absolute Gasteiger partial charge is 0.163 e. The Morgan fingerprint density at radius 1 is 1.19 bits per heavy atom. The number of pyridine rings is 1. The van der Waals surface area contributed by atoms with Crippen LogP contribution in [0.3, 0.4) is 0 Å². The maximum absolute atomic E-state index is 4.68. The third kappa shape index (κ3) is 2.54. The molecule has 2 heterocycles. The van der Waals surface area contributed by atoms with Gasteiger partial charge in [-0.2, -0.15) is 5.10 Å². The summed E-state index contributed by atoms with van der Waals surface area (Å²) in [4.78, 5) is 4.63. The Balaban J connectivity index is 2.12. The number of hydrogen-bond acceptors (Lipinski definition) is 3. The largest absolute Gasteiger partial charge is 0.313 e. The Bertz CT molecular complexity index is 774. The second-order valence-corrected chi connectivity index (χ2v) is 5.28. The Hall–Kier alpha value is -2.20. The number of rotatable bonds is 4. The van der Waals surface area contributed by atoms with Crippen molar-refractivity contribution in [3.8, 4) is 5.69 Å². The molecule has 0 bridgehead atoms. The van der Waals surface area contributed by atoms with Crippen molar-refractivity contribution in [2.75, 3.05) is 6.54 Å². The van der Waals surface area contributed by atoms with E-state index >= 15 is 0 Å². The molecule has 0 unspecified atom stereocenters. The second kappa shape index (κ2) is 5.66. The maximum Gasteiger partial charge on any atom is 0.163 e. The highest BCUT2D eigenvalue weighted by Crippen LogP contribution is 2.22. The van der Waals surface area contributed by atoms with E-state index in [4.69, 9.17) is 0 Å². The van der Waals surface area contributed by atoms with E-state index in [1.54, 1.807) is 0 Å². The standard InChI is InChI=1S/C17H20N4/c1-4-18-10-14-9-15-13(3)20-21(17(15)19-11-14)16-8-6-5-7-12(16)2/h5-9,11,18H,4,10H2,1-3H3. The minimum Gasteiger partial charge on any atom is -0.313 e. The van der Waals surface area contributed by atoms with Crippen LogP contribution in [0.2, 0.25) is 0 Å². The Kier molecular flexibility index (Phi) is 3.71. The zero-order valence-corrected chi connectivity index (χ0v) is 12.7. The second-order valence-electron chi connectivity index (χ2n) is 5.28. The van der Waals surface area contributed by atoms with Crippen molar-refractivity contribution in [1.82, 2.24) is 20.1 Å². The first-order chi connectivity index (χ1) is 10.2. The summed E-state index contributed by atoms with van der Waals surface area (Å²) in [6.45, 7) is 8.04. The summed E-state index contributed by atoms with van der Waals surface area (Å²) in [7, 11) is 0. The molecule has 3 rings (SSSR count). The third-order valence-corrected chi connectivity index (χ3v) is 3.69. The fourth-order valence-corrected chi connectivity index (χ4v) is 2.52. The Morgan fingerprint density at radius 3 is 2.76 bits per heavy atom. The van der Waals surface area contributed by atoms with Crippen LogP contribution in [0.4, 0.5) is 0 Å². The van der Waals surface area contributed by atoms with E-state index < -0.39 is 0 Å². The molecule has 0 aliphatic rings. The number of aryl methyl sites for hydroxylation is 2. The van der Waals surface area contributed by atoms with Gasteiger partial charge in [-0.25, -0.2) is 9.67 Å². The zero-order chi connectivity index (χ0) is 14.8. The molecule has 0 amide bonds. The van der Waals surface area contributed by atoms with E-state index in [1.165, 1.54) is 11.1 Å². The van der Waals surface area contributed by atoms with Crippen LogP contribution < -0.4 is 5.32 Å². The van der Waals surface area contributed by atoms with Gasteiger partial charge in [0, 0.05) is 18.1 Å². The van der Waals surface area contributed by atoms with Crippen LogP contribution in [0.15, 0.2) is 36.5 Å². The molecule has 3 aromatic rings. The molecular formula is C17H20N4. The van der Waals surface area contributed by atoms with Crippen molar-refractivity contribution in [2.45, 2.75) is 27.3 Å². The fourth-order valence-electron chi connectivity index (χ4n) is 2.52. The van der Waals surface area contributed by atoms with Crippen LogP contribution in [-0.4, -0.2) is 21.3 Å². The van der Waals surface area contributed by atoms with Crippen molar-refractivity contribution in [1.29, 1.82) is 0 Å². The van der Waals surface area contributed by atoms with E-state index in [2.05, 4.69) is 47.4 Å². The van der Waals surface area contributed by atoms with Gasteiger partial charge in [0.25, 0.3) is 0 Å². The van der Waals surface area contributed by atoms with Crippen LogP contribution in [-0.2, 0) is 6.54 Å². The van der Waals surface area contributed by atoms with Crippen LogP contribution in [0.5, 0.6) is 0 Å². The predicted octanol–water partition coefficient (Wildman–Crippen LogP) is 3.15. The Labute approximate surface area is 124 Å². The molecule has 0 saturated heterocycles. The first kappa shape index (κ1) is 13.8. The molecule has 1 N–H and O–H groups in total. The fraction of sp³-hybridized carbons (Fsp3) is 0.294. The van der Waals surface area contributed by atoms with Crippen LogP contribution in [0.25, 0.3) is 16.7 Å². The number of fused-ring (bicyclic) bond motifs is 1. The summed E-state index contributed by atoms with van der Waals surface area (Å²) in [6.07, 6.45) is 1.93. The molecule has 0 atom stereocenters. The number of aromatic nitrogens is 3. The van der Waals surface area contributed by atoms with Gasteiger partial charge in [0.2, 0.25) is 0 Å². The molecule has 0 fully saturated rings. The number of hydrogen-bond donors (Lipinski definition) is 1. The lowest BCUT2D eigenvalue weighted by molar-refractivity contribution is 0.725. The monoisotopic (exact) mass is 280 g/mol. The quantitative estimate of drug-likeness (QED) is 0.798. The topological polar surface area (TPSA) is 42.7 Å². The molecule has 0 aliphatic carbocycles. The lowest BCUT2D eigenvalue weighted by Gasteiger charge is -2.06. The van der Waals surface area contributed by atoms with Gasteiger partial charge >= 0.3 is 0 Å². The van der Waals surface area contributed by atoms with E-state index in [0.29, 0.717) is 0 Å². The van der Waals surface area contributed by atoms with E-state index in [0.717, 1.165) is 35.5 Å². The Morgan fingerprint density at radius 2 is 2.00 bits per heavy atom. The van der Waals surface area contributed by atoms with Crippen molar-refractivity contribution in [3.05, 3.63) is 53.3 Å². The molecule has 1 aromatic carbocycles. The van der Waals surface area contributed by atoms with Crippen molar-refractivity contribution in [3.63, 3.8) is 0 Å². The predicted molar refractivity (Wildman–Crippen MR) is 85.7 cm³/mol. The normalized spacial score (nSPS) is 11.2. The van der Waals surface area contributed by atoms with Gasteiger partial charge in [0.15, 0.2) is 5.65 Å². The lowest BCUT2D eigenvalue weighted by Crippen LogP contribution is -2.11. The molecule has 2 aromatic heterocycles. The summed E-state index contributed by atoms with van der Waals surface area (Å²) in [5, 5.41) is 9.12. The highest BCUT2D eigenvalue weighted by atomic mass is 15.3. The summed E-state index contributed by atoms with van der Waals surface area (Å²) in [6, 6.07) is 10.4. The van der Waals surface area contributed by atoms with E-state index in [-0.39, 0.29) is 0 Å². The lowest BCUT2D eigenvalue weighted by atomic mass is 10.2. The van der Waals surface area contributed by atoms with Gasteiger partial charge in [0.1, 0.15) is 0 Å². The third-order valence-electron chi connectivity index (χ3n) is 3.69. The van der Waals surface area contributed by atoms with Crippen LogP contribution in [0.1, 0.15) is 23.7 Å². The summed E-state index contributed by atoms with van der Waals surface area (Å²) >= 11 is 0. The van der Waals surface area contributed by atoms with Gasteiger partial charge in [-0.1, -0.05) is 25.1 Å². The molecule has 0 spiro atoms. The first-order valence-electron chi connectivity index (χ1n) is 7.31. The highest BCUT2D eigenvalue weighted by molar-refractivity contribution is 5.80. The van der Waals surface area contributed by atoms with Gasteiger partial charge in [0.05, 0.1) is 11.4 Å². The van der Waals surface area contributed by atoms with Gasteiger partial charge < -0.3 is 5.32 Å². The van der Waals surface area contributed by atoms with Gasteiger partial charge in [-0.05, 0) is 43.7 Å². The summed E-state index contributed by atoms with van der Waals surface area (Å²) in [5.74, 6) is 0. The number of para-hydroxylation sites is 1. The molecule has 4 nitrogen and oxygen atoms in total. The minimum atomic E-state index is 0.842. The zero-order valence-electron chi connectivity index (χ0n) is 12.7. The average molecular weight is 280 g/mol. The maximum atomic E-state index is 4.68. The SMILES string of the molecule is CCNCc1cnc2c(c1)c(C)nn2-c1ccccc1C. The van der Waals surface area contributed by atoms with Gasteiger partial charge in [-0.3, -0.25) is 0 Å². The molecule has 108 valence electrons. The molecule has 0 saturated carbocycles. The first-order valence-corrected chi connectivity index (χ1v) is 7.31. The van der Waals surface area contributed by atoms with Gasteiger partial charge in [-0.15, -0.1) is 0 Å². The molecule has 0 radical (unpaired) electrons. The molecule has 21 heavy (non-hydrogen) atoms. The molecule has 0 aliphatic heterocycles. The van der Waals surface area contributed by atoms with Crippen molar-refractivity contribution < 1.29 is 0 Å². The highest BCUT2D eigenvalue weighted by Gasteiger charge is 2.12. The number of nitrogens with zero attached hydrogens (tertiary/aromatic N) is 3. The number of benzene rings is 1. The van der Waals surface area contributed by atoms with Crippen molar-refractivity contribution in [2.24, 2.45) is 0 Å². The number of nitrogens with one attached hydrogen (secondary N) is 1. The van der Waals surface area contributed by atoms with E-state index in [9.17, 15) is 0 Å². The minimum absolute atomic E-state index is 0.842.